The normalized spacial score (nSPS) is 24.3. The summed E-state index contributed by atoms with van der Waals surface area (Å²) < 4.78 is 25.3. The lowest BCUT2D eigenvalue weighted by Gasteiger charge is -2.25. The van der Waals surface area contributed by atoms with Crippen molar-refractivity contribution in [2.24, 2.45) is 5.92 Å². The van der Waals surface area contributed by atoms with Gasteiger partial charge in [0.25, 0.3) is 0 Å². The van der Waals surface area contributed by atoms with Crippen LogP contribution in [0.5, 0.6) is 0 Å². The summed E-state index contributed by atoms with van der Waals surface area (Å²) in [5, 5.41) is 9.44. The summed E-state index contributed by atoms with van der Waals surface area (Å²) in [6.45, 7) is 0. The largest absolute Gasteiger partial charge is 0.393 e. The highest BCUT2D eigenvalue weighted by atomic mass is 79.9. The molecule has 1 aliphatic rings. The van der Waals surface area contributed by atoms with Crippen molar-refractivity contribution >= 4 is 25.8 Å². The molecular weight excluding hydrogens is 328 g/mol. The van der Waals surface area contributed by atoms with Gasteiger partial charge in [0.05, 0.1) is 17.6 Å². The Balaban J connectivity index is 1.97. The zero-order valence-electron chi connectivity index (χ0n) is 10.8. The van der Waals surface area contributed by atoms with Gasteiger partial charge < -0.3 is 5.11 Å². The molecule has 0 unspecified atom stereocenters. The lowest BCUT2D eigenvalue weighted by molar-refractivity contribution is 0.113. The first-order valence-corrected chi connectivity index (χ1v) is 9.19. The number of rotatable bonds is 4. The molecule has 1 fully saturated rings. The van der Waals surface area contributed by atoms with E-state index in [1.807, 2.05) is 24.3 Å². The minimum atomic E-state index is -3.09. The van der Waals surface area contributed by atoms with E-state index in [9.17, 15) is 13.5 Å². The van der Waals surface area contributed by atoms with Crippen LogP contribution in [0.1, 0.15) is 31.2 Å². The smallest absolute Gasteiger partial charge is 0.154 e. The minimum Gasteiger partial charge on any atom is -0.393 e. The second-order valence-electron chi connectivity index (χ2n) is 5.32. The van der Waals surface area contributed by atoms with E-state index in [-0.39, 0.29) is 23.5 Å². The fraction of sp³-hybridized carbons (Fsp3) is 0.571. The third-order valence-corrected chi connectivity index (χ3v) is 6.14. The van der Waals surface area contributed by atoms with Gasteiger partial charge in [-0.05, 0) is 43.2 Å². The van der Waals surface area contributed by atoms with Gasteiger partial charge in [0.15, 0.2) is 9.84 Å². The Kier molecular flexibility index (Phi) is 5.03. The maximum absolute atomic E-state index is 12.2. The van der Waals surface area contributed by atoms with Gasteiger partial charge in [-0.3, -0.25) is 0 Å². The molecule has 0 heterocycles. The van der Waals surface area contributed by atoms with Crippen molar-refractivity contribution in [3.8, 4) is 0 Å². The van der Waals surface area contributed by atoms with E-state index in [4.69, 9.17) is 0 Å². The molecule has 0 bridgehead atoms. The molecule has 1 N–H and O–H groups in total. The number of aliphatic hydroxyl groups is 1. The lowest BCUT2D eigenvalue weighted by atomic mass is 9.89. The number of benzene rings is 1. The van der Waals surface area contributed by atoms with E-state index < -0.39 is 9.84 Å². The summed E-state index contributed by atoms with van der Waals surface area (Å²) in [6.07, 6.45) is 2.86. The van der Waals surface area contributed by atoms with Crippen molar-refractivity contribution in [3.05, 3.63) is 34.3 Å². The molecule has 106 valence electrons. The van der Waals surface area contributed by atoms with Crippen LogP contribution in [0.25, 0.3) is 0 Å². The van der Waals surface area contributed by atoms with Gasteiger partial charge in [0, 0.05) is 4.47 Å². The highest BCUT2D eigenvalue weighted by Gasteiger charge is 2.25. The molecular formula is C14H19BrO3S. The first kappa shape index (κ1) is 15.0. The van der Waals surface area contributed by atoms with Crippen molar-refractivity contribution in [2.45, 2.75) is 37.5 Å². The minimum absolute atomic E-state index is 0.0908. The van der Waals surface area contributed by atoms with E-state index in [0.29, 0.717) is 0 Å². The van der Waals surface area contributed by atoms with Gasteiger partial charge in [-0.2, -0.15) is 0 Å². The van der Waals surface area contributed by atoms with Crippen LogP contribution in [-0.4, -0.2) is 25.4 Å². The van der Waals surface area contributed by atoms with Crippen LogP contribution in [0.15, 0.2) is 28.7 Å². The Hall–Kier alpha value is -0.390. The van der Waals surface area contributed by atoms with Crippen LogP contribution in [-0.2, 0) is 15.6 Å². The standard InChI is InChI=1S/C14H19BrO3S/c15-14-4-2-1-3-12(14)10-19(17,18)9-11-5-7-13(16)8-6-11/h1-4,11,13,16H,5-10H2. The Morgan fingerprint density at radius 1 is 1.16 bits per heavy atom. The van der Waals surface area contributed by atoms with Crippen molar-refractivity contribution in [1.82, 2.24) is 0 Å². The molecule has 5 heteroatoms. The van der Waals surface area contributed by atoms with E-state index >= 15 is 0 Å². The molecule has 0 aromatic heterocycles. The molecule has 1 aromatic rings. The topological polar surface area (TPSA) is 54.4 Å². The molecule has 1 aromatic carbocycles. The Labute approximate surface area is 123 Å². The van der Waals surface area contributed by atoms with Crippen LogP contribution in [0.3, 0.4) is 0 Å². The third-order valence-electron chi connectivity index (χ3n) is 3.64. The van der Waals surface area contributed by atoms with E-state index in [0.717, 1.165) is 35.7 Å². The van der Waals surface area contributed by atoms with Crippen molar-refractivity contribution < 1.29 is 13.5 Å². The predicted molar refractivity (Wildman–Crippen MR) is 79.6 cm³/mol. The van der Waals surface area contributed by atoms with Gasteiger partial charge >= 0.3 is 0 Å². The Morgan fingerprint density at radius 2 is 1.79 bits per heavy atom. The molecule has 2 rings (SSSR count). The fourth-order valence-corrected chi connectivity index (χ4v) is 5.09. The summed E-state index contributed by atoms with van der Waals surface area (Å²) in [5.41, 5.74) is 0.818. The van der Waals surface area contributed by atoms with Gasteiger partial charge in [-0.15, -0.1) is 0 Å². The molecule has 0 atom stereocenters. The molecule has 19 heavy (non-hydrogen) atoms. The molecule has 0 spiro atoms. The van der Waals surface area contributed by atoms with Crippen molar-refractivity contribution in [3.63, 3.8) is 0 Å². The maximum atomic E-state index is 12.2. The zero-order valence-corrected chi connectivity index (χ0v) is 13.2. The number of sulfone groups is 1. The average molecular weight is 347 g/mol. The molecule has 0 amide bonds. The molecule has 0 saturated heterocycles. The third kappa shape index (κ3) is 4.58. The van der Waals surface area contributed by atoms with E-state index in [1.165, 1.54) is 0 Å². The summed E-state index contributed by atoms with van der Waals surface area (Å²) in [6, 6.07) is 7.43. The first-order valence-electron chi connectivity index (χ1n) is 6.58. The highest BCUT2D eigenvalue weighted by molar-refractivity contribution is 9.10. The van der Waals surface area contributed by atoms with Crippen molar-refractivity contribution in [2.75, 3.05) is 5.75 Å². The summed E-state index contributed by atoms with van der Waals surface area (Å²) in [5.74, 6) is 0.532. The van der Waals surface area contributed by atoms with Gasteiger partial charge in [-0.25, -0.2) is 8.42 Å². The fourth-order valence-electron chi connectivity index (χ4n) is 2.58. The first-order chi connectivity index (χ1) is 8.96. The second-order valence-corrected chi connectivity index (χ2v) is 8.28. The molecule has 1 saturated carbocycles. The summed E-state index contributed by atoms with van der Waals surface area (Å²) in [4.78, 5) is 0. The van der Waals surface area contributed by atoms with Crippen LogP contribution < -0.4 is 0 Å². The molecule has 3 nitrogen and oxygen atoms in total. The van der Waals surface area contributed by atoms with Crippen LogP contribution in [0, 0.1) is 5.92 Å². The summed E-state index contributed by atoms with van der Waals surface area (Å²) in [7, 11) is -3.09. The highest BCUT2D eigenvalue weighted by Crippen LogP contribution is 2.27. The zero-order chi connectivity index (χ0) is 13.9. The lowest BCUT2D eigenvalue weighted by Crippen LogP contribution is -2.25. The van der Waals surface area contributed by atoms with Gasteiger partial charge in [0.2, 0.25) is 0 Å². The van der Waals surface area contributed by atoms with Gasteiger partial charge in [0.1, 0.15) is 0 Å². The maximum Gasteiger partial charge on any atom is 0.154 e. The molecule has 1 aliphatic carbocycles. The van der Waals surface area contributed by atoms with E-state index in [2.05, 4.69) is 15.9 Å². The monoisotopic (exact) mass is 346 g/mol. The Morgan fingerprint density at radius 3 is 2.42 bits per heavy atom. The molecule has 0 radical (unpaired) electrons. The van der Waals surface area contributed by atoms with Crippen LogP contribution in [0.2, 0.25) is 0 Å². The summed E-state index contributed by atoms with van der Waals surface area (Å²) >= 11 is 3.38. The van der Waals surface area contributed by atoms with Crippen LogP contribution >= 0.6 is 15.9 Å². The molecule has 0 aliphatic heterocycles. The number of hydrogen-bond donors (Lipinski definition) is 1. The quantitative estimate of drug-likeness (QED) is 0.911. The number of hydrogen-bond acceptors (Lipinski definition) is 3. The number of aliphatic hydroxyl groups excluding tert-OH is 1. The Bertz CT molecular complexity index is 519. The SMILES string of the molecule is O=S(=O)(Cc1ccccc1Br)CC1CCC(O)CC1. The van der Waals surface area contributed by atoms with E-state index in [1.54, 1.807) is 0 Å². The van der Waals surface area contributed by atoms with Gasteiger partial charge in [-0.1, -0.05) is 34.1 Å². The van der Waals surface area contributed by atoms with Crippen LogP contribution in [0.4, 0.5) is 0 Å². The second kappa shape index (κ2) is 6.37. The van der Waals surface area contributed by atoms with Crippen molar-refractivity contribution in [1.29, 1.82) is 0 Å². The average Bonchev–Trinajstić information content (AvgIpc) is 2.35. The number of halogens is 1. The predicted octanol–water partition coefficient (Wildman–Crippen LogP) is 2.92.